The maximum Gasteiger partial charge on any atom is 0.417 e. The van der Waals surface area contributed by atoms with Crippen molar-refractivity contribution in [2.45, 2.75) is 23.9 Å². The molecule has 1 aromatic carbocycles. The SMILES string of the molecule is NC(=S)CCCNS(=O)(=O)c1ccccc1C(F)(F)F. The lowest BCUT2D eigenvalue weighted by atomic mass is 10.2. The highest BCUT2D eigenvalue weighted by molar-refractivity contribution is 7.89. The van der Waals surface area contributed by atoms with Crippen LogP contribution in [-0.2, 0) is 16.2 Å². The second-order valence-electron chi connectivity index (χ2n) is 3.96. The minimum atomic E-state index is -4.73. The van der Waals surface area contributed by atoms with Crippen LogP contribution in [0.25, 0.3) is 0 Å². The highest BCUT2D eigenvalue weighted by Crippen LogP contribution is 2.33. The van der Waals surface area contributed by atoms with Gasteiger partial charge in [0.25, 0.3) is 0 Å². The molecule has 0 bridgehead atoms. The summed E-state index contributed by atoms with van der Waals surface area (Å²) in [6.45, 7) is -0.0358. The van der Waals surface area contributed by atoms with E-state index in [4.69, 9.17) is 5.73 Å². The molecule has 0 amide bonds. The van der Waals surface area contributed by atoms with Gasteiger partial charge in [-0.1, -0.05) is 24.4 Å². The summed E-state index contributed by atoms with van der Waals surface area (Å²) in [6, 6.07) is 4.01. The fraction of sp³-hybridized carbons (Fsp3) is 0.364. The lowest BCUT2D eigenvalue weighted by Crippen LogP contribution is -2.27. The Bertz CT molecular complexity index is 586. The summed E-state index contributed by atoms with van der Waals surface area (Å²) < 4.78 is 64.1. The van der Waals surface area contributed by atoms with Crippen LogP contribution in [0.3, 0.4) is 0 Å². The summed E-state index contributed by atoms with van der Waals surface area (Å²) in [5.41, 5.74) is 4.05. The second kappa shape index (κ2) is 6.51. The zero-order valence-corrected chi connectivity index (χ0v) is 11.9. The fourth-order valence-corrected chi connectivity index (χ4v) is 2.93. The van der Waals surface area contributed by atoms with Gasteiger partial charge < -0.3 is 5.73 Å². The van der Waals surface area contributed by atoms with Crippen molar-refractivity contribution in [3.63, 3.8) is 0 Å². The molecule has 4 nitrogen and oxygen atoms in total. The number of benzene rings is 1. The van der Waals surface area contributed by atoms with Gasteiger partial charge in [-0.05, 0) is 25.0 Å². The lowest BCUT2D eigenvalue weighted by Gasteiger charge is -2.13. The first-order valence-corrected chi connectivity index (χ1v) is 7.48. The van der Waals surface area contributed by atoms with Crippen molar-refractivity contribution in [3.05, 3.63) is 29.8 Å². The number of hydrogen-bond acceptors (Lipinski definition) is 3. The van der Waals surface area contributed by atoms with Crippen molar-refractivity contribution < 1.29 is 21.6 Å². The van der Waals surface area contributed by atoms with Gasteiger partial charge in [-0.3, -0.25) is 0 Å². The van der Waals surface area contributed by atoms with Crippen LogP contribution in [0.15, 0.2) is 29.2 Å². The van der Waals surface area contributed by atoms with Crippen LogP contribution in [0.1, 0.15) is 18.4 Å². The predicted octanol–water partition coefficient (Wildman–Crippen LogP) is 2.05. The molecule has 0 saturated carbocycles. The summed E-state index contributed by atoms with van der Waals surface area (Å²) in [4.78, 5) is -0.567. The lowest BCUT2D eigenvalue weighted by molar-refractivity contribution is -0.139. The van der Waals surface area contributed by atoms with E-state index in [2.05, 4.69) is 16.9 Å². The second-order valence-corrected chi connectivity index (χ2v) is 6.22. The Labute approximate surface area is 120 Å². The van der Waals surface area contributed by atoms with Crippen molar-refractivity contribution in [1.29, 1.82) is 0 Å². The third-order valence-corrected chi connectivity index (χ3v) is 4.10. The van der Waals surface area contributed by atoms with Crippen molar-refractivity contribution in [1.82, 2.24) is 4.72 Å². The van der Waals surface area contributed by atoms with Crippen molar-refractivity contribution in [3.8, 4) is 0 Å². The maximum atomic E-state index is 12.7. The maximum absolute atomic E-state index is 12.7. The van der Waals surface area contributed by atoms with E-state index >= 15 is 0 Å². The molecule has 9 heteroatoms. The molecule has 0 aromatic heterocycles. The van der Waals surface area contributed by atoms with E-state index in [0.29, 0.717) is 12.8 Å². The third-order valence-electron chi connectivity index (χ3n) is 2.37. The van der Waals surface area contributed by atoms with Gasteiger partial charge >= 0.3 is 6.18 Å². The normalized spacial score (nSPS) is 12.3. The van der Waals surface area contributed by atoms with Crippen molar-refractivity contribution >= 4 is 27.2 Å². The zero-order valence-electron chi connectivity index (χ0n) is 10.3. The molecule has 1 aromatic rings. The van der Waals surface area contributed by atoms with E-state index in [-0.39, 0.29) is 11.5 Å². The molecule has 112 valence electrons. The Morgan fingerprint density at radius 2 is 1.90 bits per heavy atom. The van der Waals surface area contributed by atoms with E-state index in [0.717, 1.165) is 18.2 Å². The molecule has 3 N–H and O–H groups in total. The van der Waals surface area contributed by atoms with Gasteiger partial charge in [0.2, 0.25) is 10.0 Å². The summed E-state index contributed by atoms with van der Waals surface area (Å²) >= 11 is 4.62. The number of hydrogen-bond donors (Lipinski definition) is 2. The molecule has 0 atom stereocenters. The molecule has 0 aliphatic carbocycles. The molecule has 0 radical (unpaired) electrons. The molecule has 0 aliphatic rings. The molecular formula is C11H13F3N2O2S2. The van der Waals surface area contributed by atoms with Gasteiger partial charge in [-0.2, -0.15) is 13.2 Å². The predicted molar refractivity (Wildman–Crippen MR) is 72.7 cm³/mol. The quantitative estimate of drug-likeness (QED) is 0.620. The summed E-state index contributed by atoms with van der Waals surface area (Å²) in [5.74, 6) is 0. The Morgan fingerprint density at radius 1 is 1.30 bits per heavy atom. The van der Waals surface area contributed by atoms with E-state index < -0.39 is 26.7 Å². The Balaban J connectivity index is 2.91. The molecule has 0 spiro atoms. The van der Waals surface area contributed by atoms with E-state index in [1.165, 1.54) is 6.07 Å². The first kappa shape index (κ1) is 16.9. The van der Waals surface area contributed by atoms with Crippen LogP contribution in [0.4, 0.5) is 13.2 Å². The number of nitrogens with two attached hydrogens (primary N) is 1. The molecule has 0 aliphatic heterocycles. The first-order chi connectivity index (χ1) is 9.14. The summed E-state index contributed by atoms with van der Waals surface area (Å²) in [6.07, 6.45) is -4.09. The van der Waals surface area contributed by atoms with Crippen molar-refractivity contribution in [2.24, 2.45) is 5.73 Å². The van der Waals surface area contributed by atoms with Gasteiger partial charge in [-0.15, -0.1) is 0 Å². The molecule has 0 heterocycles. The van der Waals surface area contributed by atoms with E-state index in [1.807, 2.05) is 0 Å². The number of rotatable bonds is 6. The largest absolute Gasteiger partial charge is 0.417 e. The smallest absolute Gasteiger partial charge is 0.393 e. The topological polar surface area (TPSA) is 72.2 Å². The highest BCUT2D eigenvalue weighted by atomic mass is 32.2. The van der Waals surface area contributed by atoms with Crippen LogP contribution in [0.5, 0.6) is 0 Å². The zero-order chi connectivity index (χ0) is 15.4. The minimum Gasteiger partial charge on any atom is -0.393 e. The van der Waals surface area contributed by atoms with E-state index in [1.54, 1.807) is 0 Å². The van der Waals surface area contributed by atoms with Gasteiger partial charge in [-0.25, -0.2) is 13.1 Å². The van der Waals surface area contributed by atoms with Gasteiger partial charge in [0.1, 0.15) is 0 Å². The van der Waals surface area contributed by atoms with Crippen LogP contribution in [-0.4, -0.2) is 20.0 Å². The Hall–Kier alpha value is -1.19. The third kappa shape index (κ3) is 4.73. The monoisotopic (exact) mass is 326 g/mol. The Morgan fingerprint density at radius 3 is 2.45 bits per heavy atom. The first-order valence-electron chi connectivity index (χ1n) is 5.59. The molecular weight excluding hydrogens is 313 g/mol. The fourth-order valence-electron chi connectivity index (χ4n) is 1.48. The number of sulfonamides is 1. The Kier molecular flexibility index (Phi) is 5.49. The summed E-state index contributed by atoms with van der Waals surface area (Å²) in [7, 11) is -4.23. The standard InChI is InChI=1S/C11H13F3N2O2S2/c12-11(13,14)8-4-1-2-5-9(8)20(17,18)16-7-3-6-10(15)19/h1-2,4-5,16H,3,6-7H2,(H2,15,19). The van der Waals surface area contributed by atoms with Crippen LogP contribution in [0.2, 0.25) is 0 Å². The van der Waals surface area contributed by atoms with Crippen molar-refractivity contribution in [2.75, 3.05) is 6.54 Å². The number of nitrogens with one attached hydrogen (secondary N) is 1. The highest BCUT2D eigenvalue weighted by Gasteiger charge is 2.36. The van der Waals surface area contributed by atoms with E-state index in [9.17, 15) is 21.6 Å². The number of halogens is 3. The van der Waals surface area contributed by atoms with Gasteiger partial charge in [0, 0.05) is 6.54 Å². The van der Waals surface area contributed by atoms with Gasteiger partial charge in [0.05, 0.1) is 15.4 Å². The number of alkyl halides is 3. The average molecular weight is 326 g/mol. The molecule has 20 heavy (non-hydrogen) atoms. The molecule has 0 unspecified atom stereocenters. The van der Waals surface area contributed by atoms with Gasteiger partial charge in [0.15, 0.2) is 0 Å². The molecule has 0 fully saturated rings. The van der Waals surface area contributed by atoms with Crippen LogP contribution in [0, 0.1) is 0 Å². The average Bonchev–Trinajstić information content (AvgIpc) is 2.33. The molecule has 0 saturated heterocycles. The summed E-state index contributed by atoms with van der Waals surface area (Å²) in [5, 5.41) is 0. The number of thiocarbonyl (C=S) groups is 1. The van der Waals surface area contributed by atoms with Crippen LogP contribution < -0.4 is 10.5 Å². The molecule has 1 rings (SSSR count). The van der Waals surface area contributed by atoms with Crippen LogP contribution >= 0.6 is 12.2 Å². The minimum absolute atomic E-state index is 0.0358.